The summed E-state index contributed by atoms with van der Waals surface area (Å²) in [6.45, 7) is 9.87. The van der Waals surface area contributed by atoms with Crippen molar-refractivity contribution in [3.63, 3.8) is 0 Å². The Balaban J connectivity index is 1.77. The van der Waals surface area contributed by atoms with Crippen LogP contribution in [0.15, 0.2) is 0 Å². The van der Waals surface area contributed by atoms with Gasteiger partial charge in [-0.1, -0.05) is 26.7 Å². The molecular formula is C14H28N2S. The zero-order valence-electron chi connectivity index (χ0n) is 11.5. The summed E-state index contributed by atoms with van der Waals surface area (Å²) in [6, 6.07) is 0.753. The minimum atomic E-state index is 0.492. The predicted octanol–water partition coefficient (Wildman–Crippen LogP) is 2.74. The first-order valence-electron chi connectivity index (χ1n) is 7.25. The van der Waals surface area contributed by atoms with Gasteiger partial charge in [0.1, 0.15) is 0 Å². The molecule has 0 spiro atoms. The van der Waals surface area contributed by atoms with Crippen LogP contribution in [0.2, 0.25) is 0 Å². The lowest BCUT2D eigenvalue weighted by Crippen LogP contribution is -2.41. The van der Waals surface area contributed by atoms with Crippen molar-refractivity contribution in [3.05, 3.63) is 0 Å². The van der Waals surface area contributed by atoms with Crippen molar-refractivity contribution in [1.82, 2.24) is 10.2 Å². The average molecular weight is 256 g/mol. The van der Waals surface area contributed by atoms with Gasteiger partial charge in [0, 0.05) is 29.6 Å². The van der Waals surface area contributed by atoms with Gasteiger partial charge in [0.15, 0.2) is 0 Å². The van der Waals surface area contributed by atoms with Gasteiger partial charge in [-0.3, -0.25) is 0 Å². The van der Waals surface area contributed by atoms with Crippen LogP contribution >= 0.6 is 11.8 Å². The molecule has 1 N–H and O–H groups in total. The Morgan fingerprint density at radius 2 is 2.12 bits per heavy atom. The molecule has 2 heterocycles. The Kier molecular flexibility index (Phi) is 5.19. The molecule has 2 nitrogen and oxygen atoms in total. The average Bonchev–Trinajstić information content (AvgIpc) is 2.61. The molecule has 2 rings (SSSR count). The Hall–Kier alpha value is 0.270. The van der Waals surface area contributed by atoms with E-state index in [1.54, 1.807) is 0 Å². The Morgan fingerprint density at radius 1 is 1.24 bits per heavy atom. The monoisotopic (exact) mass is 256 g/mol. The maximum Gasteiger partial charge on any atom is 0.0195 e. The first-order chi connectivity index (χ1) is 8.16. The van der Waals surface area contributed by atoms with Gasteiger partial charge in [0.05, 0.1) is 0 Å². The van der Waals surface area contributed by atoms with Crippen molar-refractivity contribution in [1.29, 1.82) is 0 Å². The van der Waals surface area contributed by atoms with Crippen molar-refractivity contribution in [3.8, 4) is 0 Å². The zero-order chi connectivity index (χ0) is 12.1. The van der Waals surface area contributed by atoms with E-state index in [4.69, 9.17) is 0 Å². The third kappa shape index (κ3) is 4.80. The topological polar surface area (TPSA) is 15.3 Å². The van der Waals surface area contributed by atoms with Crippen LogP contribution in [-0.2, 0) is 0 Å². The molecule has 2 saturated heterocycles. The second kappa shape index (κ2) is 6.44. The summed E-state index contributed by atoms with van der Waals surface area (Å²) in [6.07, 6.45) is 6.94. The fourth-order valence-electron chi connectivity index (χ4n) is 2.81. The first kappa shape index (κ1) is 13.7. The lowest BCUT2D eigenvalue weighted by atomic mass is 10.1. The molecule has 0 amide bonds. The van der Waals surface area contributed by atoms with E-state index in [0.717, 1.165) is 6.04 Å². The van der Waals surface area contributed by atoms with Gasteiger partial charge < -0.3 is 10.2 Å². The molecule has 3 heteroatoms. The molecule has 0 aromatic carbocycles. The highest BCUT2D eigenvalue weighted by Crippen LogP contribution is 2.30. The molecule has 0 saturated carbocycles. The lowest BCUT2D eigenvalue weighted by Gasteiger charge is -2.26. The predicted molar refractivity (Wildman–Crippen MR) is 77.9 cm³/mol. The fraction of sp³-hybridized carbons (Fsp3) is 1.00. The number of hydrogen-bond donors (Lipinski definition) is 1. The second-order valence-electron chi connectivity index (χ2n) is 6.16. The molecule has 0 bridgehead atoms. The highest BCUT2D eigenvalue weighted by molar-refractivity contribution is 8.00. The lowest BCUT2D eigenvalue weighted by molar-refractivity contribution is 0.247. The smallest absolute Gasteiger partial charge is 0.0195 e. The van der Waals surface area contributed by atoms with Crippen molar-refractivity contribution in [2.75, 3.05) is 31.9 Å². The summed E-state index contributed by atoms with van der Waals surface area (Å²) in [4.78, 5) is 2.69. The normalized spacial score (nSPS) is 31.8. The van der Waals surface area contributed by atoms with Crippen LogP contribution in [0, 0.1) is 0 Å². The molecule has 2 aliphatic rings. The van der Waals surface area contributed by atoms with Crippen LogP contribution in [0.4, 0.5) is 0 Å². The highest BCUT2D eigenvalue weighted by Gasteiger charge is 2.25. The first-order valence-corrected chi connectivity index (χ1v) is 8.24. The van der Waals surface area contributed by atoms with Crippen molar-refractivity contribution >= 4 is 11.8 Å². The highest BCUT2D eigenvalue weighted by atomic mass is 32.2. The summed E-state index contributed by atoms with van der Waals surface area (Å²) in [5.41, 5.74) is 0. The van der Waals surface area contributed by atoms with E-state index in [2.05, 4.69) is 35.8 Å². The SMILES string of the molecule is CC1(C)CCN(CC2CCCCCN2)CCS1. The van der Waals surface area contributed by atoms with Crippen LogP contribution < -0.4 is 5.32 Å². The summed E-state index contributed by atoms with van der Waals surface area (Å²) in [7, 11) is 0. The van der Waals surface area contributed by atoms with Crippen LogP contribution in [0.25, 0.3) is 0 Å². The fourth-order valence-corrected chi connectivity index (χ4v) is 3.95. The van der Waals surface area contributed by atoms with Crippen LogP contribution in [0.3, 0.4) is 0 Å². The van der Waals surface area contributed by atoms with Gasteiger partial charge in [-0.2, -0.15) is 11.8 Å². The second-order valence-corrected chi connectivity index (χ2v) is 7.96. The van der Waals surface area contributed by atoms with Crippen molar-refractivity contribution in [2.24, 2.45) is 0 Å². The van der Waals surface area contributed by atoms with Crippen molar-refractivity contribution < 1.29 is 0 Å². The Labute approximate surface area is 111 Å². The molecule has 17 heavy (non-hydrogen) atoms. The van der Waals surface area contributed by atoms with E-state index in [0.29, 0.717) is 4.75 Å². The number of hydrogen-bond acceptors (Lipinski definition) is 3. The molecular weight excluding hydrogens is 228 g/mol. The molecule has 2 aliphatic heterocycles. The third-order valence-electron chi connectivity index (χ3n) is 4.07. The van der Waals surface area contributed by atoms with E-state index < -0.39 is 0 Å². The van der Waals surface area contributed by atoms with Gasteiger partial charge in [-0.15, -0.1) is 0 Å². The maximum atomic E-state index is 3.72. The molecule has 0 aromatic heterocycles. The number of nitrogens with one attached hydrogen (secondary N) is 1. The third-order valence-corrected chi connectivity index (χ3v) is 5.44. The van der Waals surface area contributed by atoms with E-state index in [9.17, 15) is 0 Å². The van der Waals surface area contributed by atoms with E-state index in [-0.39, 0.29) is 0 Å². The van der Waals surface area contributed by atoms with E-state index >= 15 is 0 Å². The standard InChI is InChI=1S/C14H28N2S/c1-14(2)7-9-16(10-11-17-14)12-13-6-4-3-5-8-15-13/h13,15H,3-12H2,1-2H3. The maximum absolute atomic E-state index is 3.72. The molecule has 2 fully saturated rings. The minimum Gasteiger partial charge on any atom is -0.313 e. The van der Waals surface area contributed by atoms with Gasteiger partial charge in [0.2, 0.25) is 0 Å². The molecule has 100 valence electrons. The summed E-state index contributed by atoms with van der Waals surface area (Å²) in [5, 5.41) is 3.72. The zero-order valence-corrected chi connectivity index (χ0v) is 12.3. The summed E-state index contributed by atoms with van der Waals surface area (Å²) >= 11 is 2.15. The van der Waals surface area contributed by atoms with Crippen LogP contribution in [0.1, 0.15) is 46.0 Å². The molecule has 1 unspecified atom stereocenters. The quantitative estimate of drug-likeness (QED) is 0.818. The van der Waals surface area contributed by atoms with E-state index in [1.165, 1.54) is 64.0 Å². The van der Waals surface area contributed by atoms with Gasteiger partial charge in [-0.05, 0) is 32.4 Å². The Bertz CT molecular complexity index is 222. The number of rotatable bonds is 2. The molecule has 0 aromatic rings. The van der Waals surface area contributed by atoms with Crippen molar-refractivity contribution in [2.45, 2.75) is 56.7 Å². The minimum absolute atomic E-state index is 0.492. The van der Waals surface area contributed by atoms with Gasteiger partial charge in [-0.25, -0.2) is 0 Å². The van der Waals surface area contributed by atoms with Gasteiger partial charge in [0.25, 0.3) is 0 Å². The van der Waals surface area contributed by atoms with Crippen LogP contribution in [0.5, 0.6) is 0 Å². The molecule has 1 atom stereocenters. The van der Waals surface area contributed by atoms with Crippen LogP contribution in [-0.4, -0.2) is 47.6 Å². The van der Waals surface area contributed by atoms with Gasteiger partial charge >= 0.3 is 0 Å². The van der Waals surface area contributed by atoms with E-state index in [1.807, 2.05) is 0 Å². The largest absolute Gasteiger partial charge is 0.313 e. The Morgan fingerprint density at radius 3 is 3.00 bits per heavy atom. The number of nitrogens with zero attached hydrogens (tertiary/aromatic N) is 1. The summed E-state index contributed by atoms with van der Waals surface area (Å²) in [5.74, 6) is 1.31. The molecule has 0 radical (unpaired) electrons. The number of thioether (sulfide) groups is 1. The molecule has 0 aliphatic carbocycles. The summed E-state index contributed by atoms with van der Waals surface area (Å²) < 4.78 is 0.492.